The number of fused-ring (bicyclic) bond motifs is 15. The number of primary amides is 1. The van der Waals surface area contributed by atoms with Gasteiger partial charge in [0.15, 0.2) is 29.9 Å². The van der Waals surface area contributed by atoms with E-state index < -0.39 is 225 Å². The molecule has 7 amide bonds. The summed E-state index contributed by atoms with van der Waals surface area (Å²) >= 11 is 16.1. The second-order valence-electron chi connectivity index (χ2n) is 26.3. The molecule has 0 radical (unpaired) electrons. The van der Waals surface area contributed by atoms with Gasteiger partial charge in [-0.1, -0.05) is 77.8 Å². The van der Waals surface area contributed by atoms with Gasteiger partial charge >= 0.3 is 5.97 Å². The zero-order valence-electron chi connectivity index (χ0n) is 55.2. The maximum atomic E-state index is 16.1. The van der Waals surface area contributed by atoms with Gasteiger partial charge in [-0.3, -0.25) is 38.5 Å². The average molecular weight is 1570 g/mol. The summed E-state index contributed by atoms with van der Waals surface area (Å²) in [5.41, 5.74) is 8.26. The number of carboxylic acid groups (broad SMARTS) is 1. The van der Waals surface area contributed by atoms with Gasteiger partial charge in [-0.25, -0.2) is 4.79 Å². The lowest BCUT2D eigenvalue weighted by molar-refractivity contribution is -0.328. The molecule has 35 heteroatoms. The van der Waals surface area contributed by atoms with Crippen molar-refractivity contribution >= 4 is 93.1 Å². The van der Waals surface area contributed by atoms with E-state index in [1.165, 1.54) is 32.0 Å². The van der Waals surface area contributed by atoms with E-state index >= 15 is 14.4 Å². The number of aliphatic hydroxyl groups is 5. The normalized spacial score (nSPS) is 29.3. The Kier molecular flexibility index (Phi) is 23.1. The number of benzene rings is 5. The van der Waals surface area contributed by atoms with E-state index in [2.05, 4.69) is 31.9 Å². The van der Waals surface area contributed by atoms with Crippen LogP contribution >= 0.6 is 45.8 Å². The molecule has 7 heterocycles. The molecule has 7 aliphatic heterocycles. The molecule has 2 fully saturated rings. The number of aliphatic carboxylic acids is 1. The molecule has 12 rings (SSSR count). The van der Waals surface area contributed by atoms with Gasteiger partial charge in [-0.15, -0.1) is 0 Å². The highest BCUT2D eigenvalue weighted by atomic mass is 127. The summed E-state index contributed by atoms with van der Waals surface area (Å²) in [4.78, 5) is 119. The zero-order chi connectivity index (χ0) is 74.4. The fraction of sp³-hybridized carbons (Fsp3) is 0.433. The number of nitrogens with one attached hydrogen (secondary N) is 6. The van der Waals surface area contributed by atoms with E-state index in [9.17, 15) is 69.9 Å². The third-order valence-electron chi connectivity index (χ3n) is 18.0. The number of alkyl halides is 1. The number of phenols is 3. The third-order valence-corrected chi connectivity index (χ3v) is 19.5. The molecule has 0 aromatic heterocycles. The van der Waals surface area contributed by atoms with Crippen molar-refractivity contribution in [1.29, 1.82) is 0 Å². The highest BCUT2D eigenvalue weighted by Crippen LogP contribution is 2.50. The van der Waals surface area contributed by atoms with Crippen LogP contribution in [0, 0.1) is 5.92 Å². The van der Waals surface area contributed by atoms with Crippen molar-refractivity contribution in [2.75, 3.05) is 18.5 Å². The van der Waals surface area contributed by atoms with Crippen LogP contribution in [0.25, 0.3) is 11.1 Å². The Balaban J connectivity index is 1.24. The van der Waals surface area contributed by atoms with Gasteiger partial charge in [0, 0.05) is 39.1 Å². The Bertz CT molecular complexity index is 4120. The van der Waals surface area contributed by atoms with Crippen LogP contribution in [0.4, 0.5) is 0 Å². The number of rotatable bonds is 13. The van der Waals surface area contributed by atoms with E-state index in [-0.39, 0.29) is 56.4 Å². The van der Waals surface area contributed by atoms with E-state index in [4.69, 9.17) is 63.1 Å². The van der Waals surface area contributed by atoms with Gasteiger partial charge < -0.3 is 118 Å². The van der Waals surface area contributed by atoms with Gasteiger partial charge in [0.2, 0.25) is 53.4 Å². The number of halogens is 3. The number of amides is 7. The fourth-order valence-corrected chi connectivity index (χ4v) is 13.8. The first kappa shape index (κ1) is 76.2. The number of hydrogen-bond donors (Lipinski definition) is 17. The summed E-state index contributed by atoms with van der Waals surface area (Å²) in [7, 11) is 3.21. The lowest BCUT2D eigenvalue weighted by Crippen LogP contribution is -2.64. The molecule has 18 atom stereocenters. The second-order valence-corrected chi connectivity index (χ2v) is 28.0. The van der Waals surface area contributed by atoms with Crippen LogP contribution < -0.4 is 57.6 Å². The monoisotopic (exact) mass is 1570 g/mol. The summed E-state index contributed by atoms with van der Waals surface area (Å²) in [5.74, 6) is -15.5. The van der Waals surface area contributed by atoms with Crippen LogP contribution in [0.3, 0.4) is 0 Å². The third kappa shape index (κ3) is 16.2. The quantitative estimate of drug-likeness (QED) is 0.0591. The molecular formula is C67H76Cl2IN9O23. The van der Waals surface area contributed by atoms with Gasteiger partial charge in [-0.05, 0) is 117 Å². The Morgan fingerprint density at radius 1 is 0.725 bits per heavy atom. The number of ether oxygens (including phenoxy) is 6. The largest absolute Gasteiger partial charge is 0.508 e. The molecule has 0 aliphatic carbocycles. The SMILES string of the molecule is CC(C)C[C@H](C(=O)N[C@H]1C(=O)N[C@@H](CC(N)=O)C(=O)N[C@H]2C(=O)N[C@H]3C(=O)N[C@H](C(=O)N[C@@H](C(=O)O)c4cc(O)cc(O)c4-c4cc3ccc4O)[C@H](O)c3ccc(c(Cl)c3)Oc3cc2cc(c3OC2OC(CI)C(O)C(O)C2OC2CC(C)(N)C(O)C(C)O2)Oc2ccc(cc2Cl)[C@H]1O)N(C)C. The molecule has 0 saturated carbocycles. The number of hydrogen-bond acceptors (Lipinski definition) is 24. The first-order valence-electron chi connectivity index (χ1n) is 31.9. The van der Waals surface area contributed by atoms with Crippen LogP contribution in [0.1, 0.15) is 105 Å². The minimum atomic E-state index is -2.31. The predicted octanol–water partition coefficient (Wildman–Crippen LogP) is 1.89. The number of likely N-dealkylation sites (N-methyl/N-ethyl adjacent to an activating group) is 1. The Morgan fingerprint density at radius 2 is 1.32 bits per heavy atom. The molecule has 11 bridgehead atoms. The molecule has 9 unspecified atom stereocenters. The van der Waals surface area contributed by atoms with Crippen LogP contribution in [0.5, 0.6) is 46.0 Å². The maximum absolute atomic E-state index is 16.1. The summed E-state index contributed by atoms with van der Waals surface area (Å²) in [6, 6.07) is -0.127. The number of carboxylic acids is 1. The first-order valence-corrected chi connectivity index (χ1v) is 34.2. The van der Waals surface area contributed by atoms with Gasteiger partial charge in [-0.2, -0.15) is 0 Å². The molecule has 5 aromatic rings. The van der Waals surface area contributed by atoms with Crippen molar-refractivity contribution in [2.45, 2.75) is 156 Å². The van der Waals surface area contributed by atoms with Crippen LogP contribution in [-0.4, -0.2) is 196 Å². The minimum Gasteiger partial charge on any atom is -0.508 e. The summed E-state index contributed by atoms with van der Waals surface area (Å²) in [6.07, 6.45) is -17.2. The molecule has 0 spiro atoms. The highest BCUT2D eigenvalue weighted by molar-refractivity contribution is 14.1. The van der Waals surface area contributed by atoms with Gasteiger partial charge in [0.1, 0.15) is 83.4 Å². The first-order chi connectivity index (χ1) is 48.0. The average Bonchev–Trinajstić information content (AvgIpc) is 0.770. The van der Waals surface area contributed by atoms with Crippen LogP contribution in [0.2, 0.25) is 10.0 Å². The smallest absolute Gasteiger partial charge is 0.330 e. The number of nitrogens with zero attached hydrogens (tertiary/aromatic N) is 1. The maximum Gasteiger partial charge on any atom is 0.330 e. The molecule has 19 N–H and O–H groups in total. The van der Waals surface area contributed by atoms with Crippen molar-refractivity contribution in [3.63, 3.8) is 0 Å². The number of aliphatic hydroxyl groups excluding tert-OH is 5. The summed E-state index contributed by atoms with van der Waals surface area (Å²) in [6.45, 7) is 6.75. The van der Waals surface area contributed by atoms with Crippen molar-refractivity contribution in [1.82, 2.24) is 36.8 Å². The van der Waals surface area contributed by atoms with E-state index in [1.54, 1.807) is 19.0 Å². The fourth-order valence-electron chi connectivity index (χ4n) is 12.6. The van der Waals surface area contributed by atoms with Gasteiger partial charge in [0.25, 0.3) is 0 Å². The number of aromatic hydroxyl groups is 3. The Hall–Kier alpha value is -8.43. The molecule has 5 aromatic carbocycles. The van der Waals surface area contributed by atoms with E-state index in [1.807, 2.05) is 36.4 Å². The van der Waals surface area contributed by atoms with Crippen LogP contribution in [-0.2, 0) is 52.6 Å². The number of phenolic OH excluding ortho intramolecular Hbond substituents is 3. The molecule has 102 heavy (non-hydrogen) atoms. The molecule has 548 valence electrons. The molecule has 7 aliphatic rings. The van der Waals surface area contributed by atoms with Crippen LogP contribution in [0.15, 0.2) is 78.9 Å². The summed E-state index contributed by atoms with van der Waals surface area (Å²) in [5, 5.41) is 118. The Morgan fingerprint density at radius 3 is 1.90 bits per heavy atom. The minimum absolute atomic E-state index is 0.000280. The molecule has 2 saturated heterocycles. The standard InChI is InChI=1S/C67H76Cl2IN9O23/c1-24(2)13-36(79(5)6)60(90)77-50-52(84)27-8-11-39(33(68)15-27)98-41-17-29-18-42(56(41)102-66-57(55(87)54(86)43(23-70)100-66)101-45-22-67(4,72)58(88)25(3)97-45)99-40-12-9-28(16-34(40)69)53(85)51-64(94)76-49(65(95)96)32-19-30(80)20-38(82)46(32)31-14-26(7-10-37(31)81)47(61(91)78-51)75-62(92)48(29)74-59(89)35(21-44(71)83)73-63(50)93/h7-12,14-20,24-25,35-36,43,45,47-55,57-58,66,80-82,84-88H,13,21-23,72H2,1-6H3,(H2,71,83)(H,73,93)(H,74,89)(H,75,92)(H,76,94)(H,77,90)(H,78,91)(H,95,96)/t25?,35-,36+,43?,45?,47+,48+,49+,50+,51-,52+,53+,54?,55?,57?,58?,66?,67?/m0/s1. The summed E-state index contributed by atoms with van der Waals surface area (Å²) < 4.78 is 38.9. The van der Waals surface area contributed by atoms with Crippen molar-refractivity contribution in [2.24, 2.45) is 17.4 Å². The zero-order valence-corrected chi connectivity index (χ0v) is 58.9. The topological polar surface area (TPSA) is 501 Å². The number of nitrogens with two attached hydrogens (primary N) is 2. The van der Waals surface area contributed by atoms with Gasteiger partial charge in [0.05, 0.1) is 40.8 Å². The lowest BCUT2D eigenvalue weighted by Gasteiger charge is -2.47. The van der Waals surface area contributed by atoms with Crippen molar-refractivity contribution in [3.8, 4) is 57.1 Å². The second kappa shape index (κ2) is 30.9. The number of carbonyl (C=O) groups is 8. The molecular weight excluding hydrogens is 1500 g/mol. The van der Waals surface area contributed by atoms with Crippen molar-refractivity contribution in [3.05, 3.63) is 117 Å². The van der Waals surface area contributed by atoms with E-state index in [0.29, 0.717) is 0 Å². The Labute approximate surface area is 605 Å². The van der Waals surface area contributed by atoms with E-state index in [0.717, 1.165) is 60.7 Å². The number of carbonyl (C=O) groups excluding carboxylic acids is 7. The predicted molar refractivity (Wildman–Crippen MR) is 366 cm³/mol. The highest BCUT2D eigenvalue weighted by Gasteiger charge is 2.51. The lowest BCUT2D eigenvalue weighted by atomic mass is 9.86. The molecule has 32 nitrogen and oxygen atoms in total. The van der Waals surface area contributed by atoms with Crippen molar-refractivity contribution < 1.29 is 113 Å².